The Morgan fingerprint density at radius 2 is 1.88 bits per heavy atom. The lowest BCUT2D eigenvalue weighted by Crippen LogP contribution is -2.37. The average molecular weight is 380 g/mol. The molecule has 3 aromatic rings. The lowest BCUT2D eigenvalue weighted by Gasteiger charge is -2.25. The van der Waals surface area contributed by atoms with Crippen molar-refractivity contribution >= 4 is 11.3 Å². The maximum absolute atomic E-state index is 12.7. The molecule has 0 fully saturated rings. The van der Waals surface area contributed by atoms with Gasteiger partial charge >= 0.3 is 11.9 Å². The Balaban J connectivity index is 1.59. The number of benzene rings is 1. The molecule has 0 spiro atoms. The van der Waals surface area contributed by atoms with Crippen molar-refractivity contribution in [3.05, 3.63) is 68.5 Å². The van der Waals surface area contributed by atoms with E-state index in [-0.39, 0.29) is 5.69 Å². The lowest BCUT2D eigenvalue weighted by molar-refractivity contribution is -0.137. The van der Waals surface area contributed by atoms with E-state index in [1.165, 1.54) is 22.4 Å². The Hall–Kier alpha value is -2.39. The SMILES string of the molecule is O=c1n(-c2ccc(C(F)(F)F)cc2)nc2n1CCN(Cc1ccsc1)C2. The zero-order valence-electron chi connectivity index (χ0n) is 13.6. The van der Waals surface area contributed by atoms with E-state index >= 15 is 0 Å². The maximum Gasteiger partial charge on any atom is 0.416 e. The number of halogens is 3. The van der Waals surface area contributed by atoms with Gasteiger partial charge in [-0.2, -0.15) is 29.2 Å². The monoisotopic (exact) mass is 380 g/mol. The van der Waals surface area contributed by atoms with Crippen molar-refractivity contribution in [2.45, 2.75) is 25.8 Å². The maximum atomic E-state index is 12.7. The fourth-order valence-corrected chi connectivity index (χ4v) is 3.69. The van der Waals surface area contributed by atoms with Crippen LogP contribution in [0.5, 0.6) is 0 Å². The first-order valence-electron chi connectivity index (χ1n) is 8.01. The molecule has 1 aliphatic heterocycles. The summed E-state index contributed by atoms with van der Waals surface area (Å²) in [4.78, 5) is 14.7. The molecule has 1 aliphatic rings. The molecule has 0 bridgehead atoms. The molecule has 0 atom stereocenters. The van der Waals surface area contributed by atoms with Crippen molar-refractivity contribution in [1.29, 1.82) is 0 Å². The molecule has 3 heterocycles. The molecule has 26 heavy (non-hydrogen) atoms. The summed E-state index contributed by atoms with van der Waals surface area (Å²) in [6.45, 7) is 2.55. The third-order valence-electron chi connectivity index (χ3n) is 4.37. The van der Waals surface area contributed by atoms with Gasteiger partial charge in [0.1, 0.15) is 5.82 Å². The lowest BCUT2D eigenvalue weighted by atomic mass is 10.2. The van der Waals surface area contributed by atoms with Gasteiger partial charge in [-0.25, -0.2) is 4.79 Å². The highest BCUT2D eigenvalue weighted by Gasteiger charge is 2.30. The molecule has 0 amide bonds. The van der Waals surface area contributed by atoms with Crippen LogP contribution < -0.4 is 5.69 Å². The van der Waals surface area contributed by atoms with Crippen molar-refractivity contribution < 1.29 is 13.2 Å². The number of fused-ring (bicyclic) bond motifs is 1. The standard InChI is InChI=1S/C17H15F3N4OS/c18-17(19,20)13-1-3-14(4-2-13)24-16(25)23-7-6-22(10-15(23)21-24)9-12-5-8-26-11-12/h1-5,8,11H,6-7,9-10H2. The van der Waals surface area contributed by atoms with Crippen molar-refractivity contribution in [2.75, 3.05) is 6.54 Å². The van der Waals surface area contributed by atoms with Crippen molar-refractivity contribution in [2.24, 2.45) is 0 Å². The minimum absolute atomic E-state index is 0.324. The Morgan fingerprint density at radius 3 is 2.54 bits per heavy atom. The van der Waals surface area contributed by atoms with E-state index in [9.17, 15) is 18.0 Å². The summed E-state index contributed by atoms with van der Waals surface area (Å²) < 4.78 is 40.8. The van der Waals surface area contributed by atoms with E-state index in [0.29, 0.717) is 24.6 Å². The first kappa shape index (κ1) is 17.0. The van der Waals surface area contributed by atoms with Crippen LogP contribution in [0.1, 0.15) is 17.0 Å². The van der Waals surface area contributed by atoms with Gasteiger partial charge in [-0.1, -0.05) is 0 Å². The molecule has 0 N–H and O–H groups in total. The second kappa shape index (κ2) is 6.40. The number of thiophene rings is 1. The second-order valence-corrected chi connectivity index (χ2v) is 6.93. The summed E-state index contributed by atoms with van der Waals surface area (Å²) in [5, 5.41) is 8.45. The largest absolute Gasteiger partial charge is 0.416 e. The minimum atomic E-state index is -4.40. The minimum Gasteiger partial charge on any atom is -0.290 e. The number of rotatable bonds is 3. The van der Waals surface area contributed by atoms with E-state index in [2.05, 4.69) is 21.4 Å². The van der Waals surface area contributed by atoms with E-state index in [1.807, 2.05) is 5.38 Å². The smallest absolute Gasteiger partial charge is 0.290 e. The Kier molecular flexibility index (Phi) is 4.20. The van der Waals surface area contributed by atoms with Crippen LogP contribution in [-0.2, 0) is 25.8 Å². The van der Waals surface area contributed by atoms with Crippen molar-refractivity contribution in [1.82, 2.24) is 19.2 Å². The highest BCUT2D eigenvalue weighted by atomic mass is 32.1. The van der Waals surface area contributed by atoms with Crippen LogP contribution >= 0.6 is 11.3 Å². The zero-order chi connectivity index (χ0) is 18.3. The van der Waals surface area contributed by atoms with Gasteiger partial charge in [0, 0.05) is 19.6 Å². The first-order chi connectivity index (χ1) is 12.4. The zero-order valence-corrected chi connectivity index (χ0v) is 14.4. The van der Waals surface area contributed by atoms with Crippen LogP contribution in [0.2, 0.25) is 0 Å². The van der Waals surface area contributed by atoms with Gasteiger partial charge < -0.3 is 0 Å². The second-order valence-electron chi connectivity index (χ2n) is 6.15. The predicted octanol–water partition coefficient (Wildman–Crippen LogP) is 3.13. The number of aromatic nitrogens is 3. The summed E-state index contributed by atoms with van der Waals surface area (Å²) >= 11 is 1.64. The summed E-state index contributed by atoms with van der Waals surface area (Å²) in [5.74, 6) is 0.622. The van der Waals surface area contributed by atoms with Gasteiger partial charge in [-0.3, -0.25) is 9.47 Å². The molecule has 0 radical (unpaired) electrons. The summed E-state index contributed by atoms with van der Waals surface area (Å²) in [7, 11) is 0. The first-order valence-corrected chi connectivity index (χ1v) is 8.96. The topological polar surface area (TPSA) is 43.1 Å². The number of alkyl halides is 3. The summed E-state index contributed by atoms with van der Waals surface area (Å²) in [5.41, 5.74) is 0.470. The molecular formula is C17H15F3N4OS. The molecule has 1 aromatic carbocycles. The predicted molar refractivity (Wildman–Crippen MR) is 91.3 cm³/mol. The van der Waals surface area contributed by atoms with Gasteiger partial charge in [0.05, 0.1) is 17.8 Å². The summed E-state index contributed by atoms with van der Waals surface area (Å²) in [6, 6.07) is 6.53. The molecule has 0 aliphatic carbocycles. The van der Waals surface area contributed by atoms with Crippen molar-refractivity contribution in [3.8, 4) is 5.69 Å². The highest BCUT2D eigenvalue weighted by molar-refractivity contribution is 7.07. The van der Waals surface area contributed by atoms with E-state index in [4.69, 9.17) is 0 Å². The fraction of sp³-hybridized carbons (Fsp3) is 0.294. The average Bonchev–Trinajstić information content (AvgIpc) is 3.22. The highest BCUT2D eigenvalue weighted by Crippen LogP contribution is 2.29. The number of hydrogen-bond donors (Lipinski definition) is 0. The van der Waals surface area contributed by atoms with Crippen LogP contribution in [0.4, 0.5) is 13.2 Å². The number of nitrogens with zero attached hydrogens (tertiary/aromatic N) is 4. The molecule has 5 nitrogen and oxygen atoms in total. The van der Waals surface area contributed by atoms with E-state index < -0.39 is 11.7 Å². The van der Waals surface area contributed by atoms with Gasteiger partial charge in [-0.05, 0) is 46.7 Å². The van der Waals surface area contributed by atoms with Gasteiger partial charge in [0.2, 0.25) is 0 Å². The van der Waals surface area contributed by atoms with Crippen LogP contribution in [0, 0.1) is 0 Å². The van der Waals surface area contributed by atoms with Crippen molar-refractivity contribution in [3.63, 3.8) is 0 Å². The fourth-order valence-electron chi connectivity index (χ4n) is 3.03. The molecule has 0 saturated heterocycles. The van der Waals surface area contributed by atoms with Crippen LogP contribution in [0.15, 0.2) is 45.9 Å². The summed E-state index contributed by atoms with van der Waals surface area (Å²) in [6.07, 6.45) is -4.40. The van der Waals surface area contributed by atoms with Gasteiger partial charge in [0.25, 0.3) is 0 Å². The molecule has 0 saturated carbocycles. The van der Waals surface area contributed by atoms with E-state index in [0.717, 1.165) is 25.2 Å². The van der Waals surface area contributed by atoms with E-state index in [1.54, 1.807) is 15.9 Å². The van der Waals surface area contributed by atoms with Gasteiger partial charge in [-0.15, -0.1) is 5.10 Å². The van der Waals surface area contributed by atoms with Crippen LogP contribution in [0.25, 0.3) is 5.69 Å². The Morgan fingerprint density at radius 1 is 1.12 bits per heavy atom. The van der Waals surface area contributed by atoms with Crippen LogP contribution in [-0.4, -0.2) is 25.8 Å². The van der Waals surface area contributed by atoms with Gasteiger partial charge in [0.15, 0.2) is 0 Å². The van der Waals surface area contributed by atoms with Crippen LogP contribution in [0.3, 0.4) is 0 Å². The third-order valence-corrected chi connectivity index (χ3v) is 5.10. The Labute approximate surface area is 150 Å². The molecule has 9 heteroatoms. The normalized spacial score (nSPS) is 15.2. The molecule has 4 rings (SSSR count). The quantitative estimate of drug-likeness (QED) is 0.701. The molecular weight excluding hydrogens is 365 g/mol. The number of hydrogen-bond acceptors (Lipinski definition) is 4. The third kappa shape index (κ3) is 3.19. The molecule has 2 aromatic heterocycles. The molecule has 0 unspecified atom stereocenters. The Bertz CT molecular complexity index is 958. The molecule has 136 valence electrons.